The van der Waals surface area contributed by atoms with Gasteiger partial charge in [-0.3, -0.25) is 0 Å². The Kier molecular flexibility index (Phi) is 2.73. The largest absolute Gasteiger partial charge is 0.334 e. The summed E-state index contributed by atoms with van der Waals surface area (Å²) in [5.74, 6) is 0.668. The summed E-state index contributed by atoms with van der Waals surface area (Å²) in [6.07, 6.45) is 0. The van der Waals surface area contributed by atoms with E-state index >= 15 is 0 Å². The van der Waals surface area contributed by atoms with Gasteiger partial charge in [-0.25, -0.2) is 4.39 Å². The molecule has 84 valence electrons. The van der Waals surface area contributed by atoms with E-state index in [1.807, 2.05) is 26.8 Å². The number of hydrogen-bond donors (Lipinski definition) is 0. The summed E-state index contributed by atoms with van der Waals surface area (Å²) >= 11 is 0. The quantitative estimate of drug-likeness (QED) is 0.779. The zero-order chi connectivity index (χ0) is 11.7. The van der Waals surface area contributed by atoms with E-state index in [1.165, 1.54) is 6.07 Å². The monoisotopic (exact) mass is 220 g/mol. The number of aryl methyl sites for hydroxylation is 1. The van der Waals surface area contributed by atoms with E-state index in [9.17, 15) is 4.39 Å². The molecule has 1 aromatic heterocycles. The molecule has 2 aromatic rings. The van der Waals surface area contributed by atoms with Crippen LogP contribution in [0.5, 0.6) is 0 Å². The fourth-order valence-corrected chi connectivity index (χ4v) is 1.37. The average Bonchev–Trinajstić information content (AvgIpc) is 2.66. The highest BCUT2D eigenvalue weighted by molar-refractivity contribution is 5.54. The van der Waals surface area contributed by atoms with Crippen molar-refractivity contribution in [3.8, 4) is 11.5 Å². The maximum Gasteiger partial charge on any atom is 0.260 e. The van der Waals surface area contributed by atoms with Crippen molar-refractivity contribution in [2.75, 3.05) is 0 Å². The molecule has 0 saturated heterocycles. The molecule has 16 heavy (non-hydrogen) atoms. The van der Waals surface area contributed by atoms with Crippen LogP contribution in [0.3, 0.4) is 0 Å². The van der Waals surface area contributed by atoms with Crippen molar-refractivity contribution >= 4 is 0 Å². The summed E-state index contributed by atoms with van der Waals surface area (Å²) in [5.41, 5.74) is 1.22. The van der Waals surface area contributed by atoms with Crippen LogP contribution in [0, 0.1) is 12.7 Å². The third-order valence-electron chi connectivity index (χ3n) is 2.31. The molecule has 0 unspecified atom stereocenters. The van der Waals surface area contributed by atoms with Crippen LogP contribution in [-0.2, 0) is 0 Å². The summed E-state index contributed by atoms with van der Waals surface area (Å²) in [7, 11) is 0. The van der Waals surface area contributed by atoms with Crippen LogP contribution in [0.4, 0.5) is 4.39 Å². The van der Waals surface area contributed by atoms with Crippen molar-refractivity contribution in [1.82, 2.24) is 10.1 Å². The summed E-state index contributed by atoms with van der Waals surface area (Å²) in [5, 5.41) is 3.80. The molecule has 0 aliphatic carbocycles. The van der Waals surface area contributed by atoms with Gasteiger partial charge in [-0.05, 0) is 24.6 Å². The Balaban J connectivity index is 2.42. The van der Waals surface area contributed by atoms with Crippen LogP contribution in [-0.4, -0.2) is 10.1 Å². The number of nitrogens with zero attached hydrogens (tertiary/aromatic N) is 2. The van der Waals surface area contributed by atoms with E-state index in [2.05, 4.69) is 10.1 Å². The van der Waals surface area contributed by atoms with Gasteiger partial charge in [0, 0.05) is 5.92 Å². The van der Waals surface area contributed by atoms with E-state index in [-0.39, 0.29) is 17.6 Å². The molecule has 3 nitrogen and oxygen atoms in total. The van der Waals surface area contributed by atoms with Crippen molar-refractivity contribution in [1.29, 1.82) is 0 Å². The standard InChI is InChI=1S/C12H13FN2O/c1-7(2)11-14-12(16-15-11)9-5-4-8(3)6-10(9)13/h4-7H,1-3H3. The molecule has 0 radical (unpaired) electrons. The fourth-order valence-electron chi connectivity index (χ4n) is 1.37. The summed E-state index contributed by atoms with van der Waals surface area (Å²) in [6.45, 7) is 5.75. The highest BCUT2D eigenvalue weighted by Gasteiger charge is 2.14. The second-order valence-corrected chi connectivity index (χ2v) is 4.10. The van der Waals surface area contributed by atoms with Gasteiger partial charge in [-0.15, -0.1) is 0 Å². The maximum absolute atomic E-state index is 13.6. The highest BCUT2D eigenvalue weighted by atomic mass is 19.1. The van der Waals surface area contributed by atoms with Crippen LogP contribution in [0.15, 0.2) is 22.7 Å². The van der Waals surface area contributed by atoms with Crippen LogP contribution >= 0.6 is 0 Å². The molecular weight excluding hydrogens is 207 g/mol. The molecule has 1 aromatic carbocycles. The van der Waals surface area contributed by atoms with Gasteiger partial charge in [0.1, 0.15) is 5.82 Å². The minimum atomic E-state index is -0.334. The normalized spacial score (nSPS) is 11.1. The number of benzene rings is 1. The first kappa shape index (κ1) is 10.8. The molecule has 0 bridgehead atoms. The Labute approximate surface area is 93.3 Å². The van der Waals surface area contributed by atoms with Crippen molar-refractivity contribution in [2.45, 2.75) is 26.7 Å². The Bertz CT molecular complexity index is 505. The fraction of sp³-hybridized carbons (Fsp3) is 0.333. The van der Waals surface area contributed by atoms with E-state index < -0.39 is 0 Å². The van der Waals surface area contributed by atoms with Crippen LogP contribution in [0.25, 0.3) is 11.5 Å². The first-order valence-electron chi connectivity index (χ1n) is 5.18. The smallest absolute Gasteiger partial charge is 0.260 e. The molecule has 0 fully saturated rings. The van der Waals surface area contributed by atoms with Gasteiger partial charge in [0.25, 0.3) is 5.89 Å². The highest BCUT2D eigenvalue weighted by Crippen LogP contribution is 2.23. The third kappa shape index (κ3) is 1.96. The Hall–Kier alpha value is -1.71. The minimum Gasteiger partial charge on any atom is -0.334 e. The predicted octanol–water partition coefficient (Wildman–Crippen LogP) is 3.31. The van der Waals surface area contributed by atoms with Gasteiger partial charge in [0.15, 0.2) is 5.82 Å². The molecule has 0 saturated carbocycles. The third-order valence-corrected chi connectivity index (χ3v) is 2.31. The first-order valence-corrected chi connectivity index (χ1v) is 5.18. The average molecular weight is 220 g/mol. The zero-order valence-corrected chi connectivity index (χ0v) is 9.49. The second-order valence-electron chi connectivity index (χ2n) is 4.10. The topological polar surface area (TPSA) is 38.9 Å². The van der Waals surface area contributed by atoms with E-state index in [0.29, 0.717) is 11.4 Å². The molecule has 2 rings (SSSR count). The van der Waals surface area contributed by atoms with Gasteiger partial charge in [0.2, 0.25) is 0 Å². The van der Waals surface area contributed by atoms with Crippen LogP contribution in [0.2, 0.25) is 0 Å². The summed E-state index contributed by atoms with van der Waals surface area (Å²) < 4.78 is 18.7. The van der Waals surface area contributed by atoms with E-state index in [1.54, 1.807) is 6.07 Å². The van der Waals surface area contributed by atoms with Crippen molar-refractivity contribution in [3.63, 3.8) is 0 Å². The van der Waals surface area contributed by atoms with Crippen molar-refractivity contribution in [3.05, 3.63) is 35.4 Å². The zero-order valence-electron chi connectivity index (χ0n) is 9.49. The molecule has 0 spiro atoms. The molecule has 4 heteroatoms. The number of aromatic nitrogens is 2. The Morgan fingerprint density at radius 3 is 2.62 bits per heavy atom. The van der Waals surface area contributed by atoms with Gasteiger partial charge in [-0.1, -0.05) is 25.1 Å². The number of halogens is 1. The molecule has 0 atom stereocenters. The second kappa shape index (κ2) is 4.04. The first-order chi connectivity index (χ1) is 7.58. The van der Waals surface area contributed by atoms with Gasteiger partial charge >= 0.3 is 0 Å². The summed E-state index contributed by atoms with van der Waals surface area (Å²) in [4.78, 5) is 4.15. The Morgan fingerprint density at radius 1 is 1.31 bits per heavy atom. The molecule has 1 heterocycles. The maximum atomic E-state index is 13.6. The SMILES string of the molecule is Cc1ccc(-c2nc(C(C)C)no2)c(F)c1. The van der Waals surface area contributed by atoms with E-state index in [0.717, 1.165) is 5.56 Å². The lowest BCUT2D eigenvalue weighted by atomic mass is 10.1. The molecule has 0 amide bonds. The lowest BCUT2D eigenvalue weighted by molar-refractivity contribution is 0.417. The van der Waals surface area contributed by atoms with Gasteiger partial charge in [-0.2, -0.15) is 4.98 Å². The van der Waals surface area contributed by atoms with Crippen LogP contribution in [0.1, 0.15) is 31.2 Å². The van der Waals surface area contributed by atoms with E-state index in [4.69, 9.17) is 4.52 Å². The summed E-state index contributed by atoms with van der Waals surface area (Å²) in [6, 6.07) is 4.93. The molecule has 0 aliphatic rings. The number of hydrogen-bond acceptors (Lipinski definition) is 3. The van der Waals surface area contributed by atoms with Crippen molar-refractivity contribution < 1.29 is 8.91 Å². The Morgan fingerprint density at radius 2 is 2.06 bits per heavy atom. The number of rotatable bonds is 2. The predicted molar refractivity (Wildman–Crippen MR) is 58.5 cm³/mol. The lowest BCUT2D eigenvalue weighted by Crippen LogP contribution is -1.90. The van der Waals surface area contributed by atoms with Crippen molar-refractivity contribution in [2.24, 2.45) is 0 Å². The molecular formula is C12H13FN2O. The molecule has 0 N–H and O–H groups in total. The lowest BCUT2D eigenvalue weighted by Gasteiger charge is -1.98. The van der Waals surface area contributed by atoms with Gasteiger partial charge < -0.3 is 4.52 Å². The van der Waals surface area contributed by atoms with Crippen LogP contribution < -0.4 is 0 Å². The van der Waals surface area contributed by atoms with Gasteiger partial charge in [0.05, 0.1) is 5.56 Å². The molecule has 0 aliphatic heterocycles. The minimum absolute atomic E-state index is 0.172.